The molecular formula is C15H19BrN2O2. The maximum Gasteiger partial charge on any atom is 0.0550 e. The minimum absolute atomic E-state index is 0.0855. The lowest BCUT2D eigenvalue weighted by atomic mass is 9.77. The van der Waals surface area contributed by atoms with E-state index in [9.17, 15) is 10.2 Å². The van der Waals surface area contributed by atoms with E-state index >= 15 is 0 Å². The highest BCUT2D eigenvalue weighted by molar-refractivity contribution is 9.10. The van der Waals surface area contributed by atoms with E-state index < -0.39 is 5.41 Å². The zero-order valence-electron chi connectivity index (χ0n) is 11.5. The largest absolute Gasteiger partial charge is 0.395 e. The monoisotopic (exact) mass is 338 g/mol. The predicted molar refractivity (Wildman–Crippen MR) is 81.5 cm³/mol. The van der Waals surface area contributed by atoms with Crippen molar-refractivity contribution in [2.24, 2.45) is 7.05 Å². The van der Waals surface area contributed by atoms with Gasteiger partial charge in [-0.3, -0.25) is 4.68 Å². The van der Waals surface area contributed by atoms with Crippen molar-refractivity contribution in [1.29, 1.82) is 0 Å². The molecule has 0 atom stereocenters. The Morgan fingerprint density at radius 1 is 1.25 bits per heavy atom. The molecule has 4 nitrogen and oxygen atoms in total. The van der Waals surface area contributed by atoms with Gasteiger partial charge in [-0.2, -0.15) is 5.10 Å². The number of aliphatic hydroxyl groups is 2. The lowest BCUT2D eigenvalue weighted by Crippen LogP contribution is -2.35. The second-order valence-electron chi connectivity index (χ2n) is 5.05. The van der Waals surface area contributed by atoms with Crippen LogP contribution in [0.4, 0.5) is 0 Å². The van der Waals surface area contributed by atoms with Crippen LogP contribution in [-0.2, 0) is 18.9 Å². The van der Waals surface area contributed by atoms with Crippen molar-refractivity contribution in [2.45, 2.75) is 18.3 Å². The first-order chi connectivity index (χ1) is 9.61. The molecule has 0 bridgehead atoms. The van der Waals surface area contributed by atoms with Crippen LogP contribution in [0.1, 0.15) is 17.7 Å². The van der Waals surface area contributed by atoms with E-state index in [1.807, 2.05) is 42.1 Å². The Morgan fingerprint density at radius 3 is 2.55 bits per heavy atom. The predicted octanol–water partition coefficient (Wildman–Crippen LogP) is 2.04. The molecule has 0 saturated carbocycles. The van der Waals surface area contributed by atoms with E-state index in [0.29, 0.717) is 6.42 Å². The van der Waals surface area contributed by atoms with Gasteiger partial charge in [0.05, 0.1) is 13.2 Å². The molecule has 1 aromatic heterocycles. The normalized spacial score (nSPS) is 11.8. The number of halogens is 1. The second-order valence-corrected chi connectivity index (χ2v) is 5.97. The van der Waals surface area contributed by atoms with Crippen molar-refractivity contribution in [3.8, 4) is 0 Å². The van der Waals surface area contributed by atoms with Crippen LogP contribution >= 0.6 is 15.9 Å². The number of rotatable bonds is 6. The first-order valence-corrected chi connectivity index (χ1v) is 7.35. The lowest BCUT2D eigenvalue weighted by Gasteiger charge is -2.30. The molecule has 0 radical (unpaired) electrons. The van der Waals surface area contributed by atoms with Crippen LogP contribution in [0.25, 0.3) is 0 Å². The molecule has 108 valence electrons. The molecule has 0 aliphatic heterocycles. The lowest BCUT2D eigenvalue weighted by molar-refractivity contribution is 0.109. The van der Waals surface area contributed by atoms with Gasteiger partial charge in [-0.1, -0.05) is 28.1 Å². The van der Waals surface area contributed by atoms with Crippen molar-refractivity contribution >= 4 is 15.9 Å². The van der Waals surface area contributed by atoms with Gasteiger partial charge in [0.25, 0.3) is 0 Å². The molecule has 2 aromatic rings. The summed E-state index contributed by atoms with van der Waals surface area (Å²) in [5, 5.41) is 23.8. The van der Waals surface area contributed by atoms with E-state index in [0.717, 1.165) is 22.2 Å². The fourth-order valence-electron chi connectivity index (χ4n) is 2.37. The van der Waals surface area contributed by atoms with Crippen molar-refractivity contribution in [3.05, 3.63) is 52.3 Å². The van der Waals surface area contributed by atoms with Gasteiger partial charge in [0.2, 0.25) is 0 Å². The van der Waals surface area contributed by atoms with Crippen LogP contribution in [0.5, 0.6) is 0 Å². The summed E-state index contributed by atoms with van der Waals surface area (Å²) in [7, 11) is 1.90. The highest BCUT2D eigenvalue weighted by Gasteiger charge is 2.31. The Hall–Kier alpha value is -1.17. The number of aromatic nitrogens is 2. The molecule has 0 unspecified atom stereocenters. The molecule has 2 N–H and O–H groups in total. The van der Waals surface area contributed by atoms with E-state index in [-0.39, 0.29) is 13.2 Å². The SMILES string of the molecule is Cn1nccc1CCC(CO)(CO)c1cccc(Br)c1. The Bertz CT molecular complexity index is 565. The van der Waals surface area contributed by atoms with Gasteiger partial charge in [-0.05, 0) is 36.6 Å². The van der Waals surface area contributed by atoms with Gasteiger partial charge in [-0.25, -0.2) is 0 Å². The maximum absolute atomic E-state index is 9.82. The van der Waals surface area contributed by atoms with Gasteiger partial charge in [0.15, 0.2) is 0 Å². The fourth-order valence-corrected chi connectivity index (χ4v) is 2.77. The van der Waals surface area contributed by atoms with E-state index in [2.05, 4.69) is 21.0 Å². The van der Waals surface area contributed by atoms with E-state index in [4.69, 9.17) is 0 Å². The molecule has 0 aliphatic carbocycles. The summed E-state index contributed by atoms with van der Waals surface area (Å²) in [5.41, 5.74) is 1.40. The van der Waals surface area contributed by atoms with Crippen LogP contribution in [0.2, 0.25) is 0 Å². The third-order valence-corrected chi connectivity index (χ3v) is 4.32. The summed E-state index contributed by atoms with van der Waals surface area (Å²) in [5.74, 6) is 0. The Morgan fingerprint density at radius 2 is 2.00 bits per heavy atom. The first kappa shape index (κ1) is 15.2. The number of benzene rings is 1. The molecule has 0 saturated heterocycles. The minimum atomic E-state index is -0.631. The van der Waals surface area contributed by atoms with Gasteiger partial charge >= 0.3 is 0 Å². The first-order valence-electron chi connectivity index (χ1n) is 6.56. The number of aryl methyl sites for hydroxylation is 2. The van der Waals surface area contributed by atoms with E-state index in [1.54, 1.807) is 6.20 Å². The molecule has 20 heavy (non-hydrogen) atoms. The van der Waals surface area contributed by atoms with Crippen LogP contribution in [0, 0.1) is 0 Å². The Kier molecular flexibility index (Phi) is 4.96. The highest BCUT2D eigenvalue weighted by Crippen LogP contribution is 2.30. The minimum Gasteiger partial charge on any atom is -0.395 e. The number of hydrogen-bond donors (Lipinski definition) is 2. The summed E-state index contributed by atoms with van der Waals surface area (Å²) in [6.45, 7) is -0.171. The van der Waals surface area contributed by atoms with Crippen molar-refractivity contribution in [3.63, 3.8) is 0 Å². The molecular weight excluding hydrogens is 320 g/mol. The highest BCUT2D eigenvalue weighted by atomic mass is 79.9. The smallest absolute Gasteiger partial charge is 0.0550 e. The standard InChI is InChI=1S/C15H19BrN2O2/c1-18-14(6-8-17-18)5-7-15(10-19,11-20)12-3-2-4-13(16)9-12/h2-4,6,8-9,19-20H,5,7,10-11H2,1H3. The van der Waals surface area contributed by atoms with Gasteiger partial charge in [-0.15, -0.1) is 0 Å². The molecule has 1 heterocycles. The number of hydrogen-bond acceptors (Lipinski definition) is 3. The summed E-state index contributed by atoms with van der Waals surface area (Å²) in [6.07, 6.45) is 3.17. The molecule has 0 spiro atoms. The van der Waals surface area contributed by atoms with Crippen LogP contribution in [-0.4, -0.2) is 33.2 Å². The number of aliphatic hydroxyl groups excluding tert-OH is 2. The topological polar surface area (TPSA) is 58.3 Å². The molecule has 2 rings (SSSR count). The third kappa shape index (κ3) is 3.11. The molecule has 0 amide bonds. The maximum atomic E-state index is 9.82. The van der Waals surface area contributed by atoms with Crippen LogP contribution < -0.4 is 0 Å². The fraction of sp³-hybridized carbons (Fsp3) is 0.400. The van der Waals surface area contributed by atoms with Crippen molar-refractivity contribution < 1.29 is 10.2 Å². The second kappa shape index (κ2) is 6.52. The van der Waals surface area contributed by atoms with Crippen LogP contribution in [0.15, 0.2) is 41.0 Å². The summed E-state index contributed by atoms with van der Waals surface area (Å²) < 4.78 is 2.77. The van der Waals surface area contributed by atoms with E-state index in [1.165, 1.54) is 0 Å². The molecule has 1 aromatic carbocycles. The summed E-state index contributed by atoms with van der Waals surface area (Å²) in [4.78, 5) is 0. The molecule has 5 heteroatoms. The van der Waals surface area contributed by atoms with Crippen molar-refractivity contribution in [1.82, 2.24) is 9.78 Å². The zero-order valence-corrected chi connectivity index (χ0v) is 13.0. The quantitative estimate of drug-likeness (QED) is 0.847. The Labute approximate surface area is 127 Å². The van der Waals surface area contributed by atoms with Gasteiger partial charge in [0.1, 0.15) is 0 Å². The summed E-state index contributed by atoms with van der Waals surface area (Å²) >= 11 is 3.44. The Balaban J connectivity index is 2.23. The third-order valence-electron chi connectivity index (χ3n) is 3.82. The number of nitrogens with zero attached hydrogens (tertiary/aromatic N) is 2. The summed E-state index contributed by atoms with van der Waals surface area (Å²) in [6, 6.07) is 9.71. The average molecular weight is 339 g/mol. The van der Waals surface area contributed by atoms with Crippen LogP contribution in [0.3, 0.4) is 0 Å². The van der Waals surface area contributed by atoms with Gasteiger partial charge in [0, 0.05) is 28.8 Å². The molecule has 0 aliphatic rings. The molecule has 0 fully saturated rings. The zero-order chi connectivity index (χ0) is 14.6. The van der Waals surface area contributed by atoms with Crippen molar-refractivity contribution in [2.75, 3.05) is 13.2 Å². The average Bonchev–Trinajstić information content (AvgIpc) is 2.86. The van der Waals surface area contributed by atoms with Gasteiger partial charge < -0.3 is 10.2 Å².